The average Bonchev–Trinajstić information content (AvgIpc) is 3.32. The minimum Gasteiger partial charge on any atom is -0.353 e. The summed E-state index contributed by atoms with van der Waals surface area (Å²) in [5, 5.41) is 4.87. The van der Waals surface area contributed by atoms with Crippen LogP contribution >= 0.6 is 0 Å². The standard InChI is InChI=1S/C26H37N3O/c1-5-17(3)29-15-18-13-24-22(21-7-6-8-23(29)25(18)21)12-19(14-28(24)4)26(30)27-20-10-9-16(2)11-20/h6-8,15-17,19-20,22,24H,5,9-14H2,1-4H3,(H,27,30)/t16?,17?,19-,20?,22?,24-/m1/s1. The molecule has 1 N–H and O–H groups in total. The maximum Gasteiger partial charge on any atom is 0.224 e. The fourth-order valence-corrected chi connectivity index (χ4v) is 6.48. The van der Waals surface area contributed by atoms with Crippen molar-refractivity contribution in [2.75, 3.05) is 13.6 Å². The molecule has 6 atom stereocenters. The van der Waals surface area contributed by atoms with Gasteiger partial charge in [-0.1, -0.05) is 26.0 Å². The predicted octanol–water partition coefficient (Wildman–Crippen LogP) is 4.88. The number of fused-ring (bicyclic) bond motifs is 2. The number of piperidine rings is 1. The van der Waals surface area contributed by atoms with Gasteiger partial charge >= 0.3 is 0 Å². The number of likely N-dealkylation sites (tertiary alicyclic amines) is 1. The van der Waals surface area contributed by atoms with Crippen molar-refractivity contribution in [2.45, 2.75) is 83.3 Å². The van der Waals surface area contributed by atoms with E-state index in [-0.39, 0.29) is 11.8 Å². The smallest absolute Gasteiger partial charge is 0.224 e. The van der Waals surface area contributed by atoms with Crippen molar-refractivity contribution in [2.24, 2.45) is 11.8 Å². The number of carbonyl (C=O) groups is 1. The topological polar surface area (TPSA) is 37.3 Å². The Morgan fingerprint density at radius 2 is 2.10 bits per heavy atom. The fraction of sp³-hybridized carbons (Fsp3) is 0.654. The van der Waals surface area contributed by atoms with Crippen LogP contribution in [0.4, 0.5) is 0 Å². The average molecular weight is 408 g/mol. The molecule has 1 saturated heterocycles. The minimum absolute atomic E-state index is 0.0978. The van der Waals surface area contributed by atoms with Gasteiger partial charge in [0.1, 0.15) is 0 Å². The second kappa shape index (κ2) is 7.71. The van der Waals surface area contributed by atoms with Crippen LogP contribution in [0.1, 0.15) is 76.0 Å². The molecule has 0 spiro atoms. The van der Waals surface area contributed by atoms with Gasteiger partial charge in [-0.2, -0.15) is 0 Å². The van der Waals surface area contributed by atoms with Gasteiger partial charge in [-0.3, -0.25) is 4.79 Å². The fourth-order valence-electron chi connectivity index (χ4n) is 6.48. The number of hydrogen-bond acceptors (Lipinski definition) is 2. The van der Waals surface area contributed by atoms with E-state index < -0.39 is 0 Å². The van der Waals surface area contributed by atoms with Gasteiger partial charge in [0, 0.05) is 47.7 Å². The molecule has 1 amide bonds. The van der Waals surface area contributed by atoms with Gasteiger partial charge in [0.05, 0.1) is 5.92 Å². The maximum atomic E-state index is 13.2. The van der Waals surface area contributed by atoms with E-state index in [2.05, 4.69) is 67.0 Å². The van der Waals surface area contributed by atoms with Crippen LogP contribution in [0.15, 0.2) is 24.4 Å². The molecule has 0 bridgehead atoms. The zero-order valence-electron chi connectivity index (χ0n) is 19.0. The van der Waals surface area contributed by atoms with Crippen LogP contribution in [0.25, 0.3) is 10.9 Å². The Morgan fingerprint density at radius 3 is 2.83 bits per heavy atom. The first kappa shape index (κ1) is 20.1. The second-order valence-corrected chi connectivity index (χ2v) is 10.4. The summed E-state index contributed by atoms with van der Waals surface area (Å²) in [5.74, 6) is 1.58. The molecular weight excluding hydrogens is 370 g/mol. The number of benzene rings is 1. The van der Waals surface area contributed by atoms with Crippen LogP contribution in [-0.4, -0.2) is 41.1 Å². The maximum absolute atomic E-state index is 13.2. The Kier molecular flexibility index (Phi) is 5.17. The van der Waals surface area contributed by atoms with E-state index in [4.69, 9.17) is 0 Å². The number of nitrogens with zero attached hydrogens (tertiary/aromatic N) is 2. The molecule has 1 saturated carbocycles. The van der Waals surface area contributed by atoms with Gasteiger partial charge in [0.25, 0.3) is 0 Å². The zero-order chi connectivity index (χ0) is 21.0. The van der Waals surface area contributed by atoms with Crippen LogP contribution in [-0.2, 0) is 11.2 Å². The molecule has 1 aliphatic heterocycles. The van der Waals surface area contributed by atoms with Crippen molar-refractivity contribution in [3.05, 3.63) is 35.5 Å². The highest BCUT2D eigenvalue weighted by Crippen LogP contribution is 2.45. The highest BCUT2D eigenvalue weighted by atomic mass is 16.2. The molecule has 5 rings (SSSR count). The Labute approximate surface area is 181 Å². The van der Waals surface area contributed by atoms with Crippen LogP contribution < -0.4 is 5.32 Å². The lowest BCUT2D eigenvalue weighted by molar-refractivity contribution is -0.128. The minimum atomic E-state index is 0.0978. The number of amides is 1. The molecule has 2 fully saturated rings. The van der Waals surface area contributed by atoms with Gasteiger partial charge in [0.2, 0.25) is 5.91 Å². The molecule has 1 aromatic carbocycles. The zero-order valence-corrected chi connectivity index (χ0v) is 19.0. The van der Waals surface area contributed by atoms with Crippen LogP contribution in [0.5, 0.6) is 0 Å². The Balaban J connectivity index is 1.43. The quantitative estimate of drug-likeness (QED) is 0.784. The SMILES string of the molecule is CCC(C)n1cc2c3c(cccc31)C1C[C@@H](C(=O)NC3CCC(C)C3)CN(C)[C@@H]1C2. The second-order valence-electron chi connectivity index (χ2n) is 10.4. The molecular formula is C26H37N3O. The highest BCUT2D eigenvalue weighted by Gasteiger charge is 2.42. The van der Waals surface area contributed by atoms with Crippen molar-refractivity contribution in [1.82, 2.24) is 14.8 Å². The van der Waals surface area contributed by atoms with Crippen LogP contribution in [0.3, 0.4) is 0 Å². The molecule has 0 radical (unpaired) electrons. The first-order chi connectivity index (χ1) is 14.5. The summed E-state index contributed by atoms with van der Waals surface area (Å²) < 4.78 is 2.48. The molecule has 4 nitrogen and oxygen atoms in total. The number of likely N-dealkylation sites (N-methyl/N-ethyl adjacent to an activating group) is 1. The van der Waals surface area contributed by atoms with Crippen molar-refractivity contribution in [3.63, 3.8) is 0 Å². The molecule has 2 aromatic rings. The van der Waals surface area contributed by atoms with Gasteiger partial charge in [-0.15, -0.1) is 0 Å². The molecule has 4 unspecified atom stereocenters. The summed E-state index contributed by atoms with van der Waals surface area (Å²) in [5.41, 5.74) is 4.35. The summed E-state index contributed by atoms with van der Waals surface area (Å²) in [6, 6.07) is 8.25. The predicted molar refractivity (Wildman–Crippen MR) is 123 cm³/mol. The van der Waals surface area contributed by atoms with Crippen molar-refractivity contribution in [3.8, 4) is 0 Å². The highest BCUT2D eigenvalue weighted by molar-refractivity contribution is 5.89. The van der Waals surface area contributed by atoms with E-state index in [1.165, 1.54) is 28.5 Å². The molecule has 3 aliphatic rings. The van der Waals surface area contributed by atoms with E-state index in [0.29, 0.717) is 24.0 Å². The lowest BCUT2D eigenvalue weighted by Gasteiger charge is -2.45. The van der Waals surface area contributed by atoms with E-state index >= 15 is 0 Å². The Hall–Kier alpha value is -1.81. The largest absolute Gasteiger partial charge is 0.353 e. The van der Waals surface area contributed by atoms with Crippen LogP contribution in [0, 0.1) is 11.8 Å². The number of carbonyl (C=O) groups excluding carboxylic acids is 1. The van der Waals surface area contributed by atoms with E-state index in [9.17, 15) is 4.79 Å². The summed E-state index contributed by atoms with van der Waals surface area (Å²) in [7, 11) is 2.23. The van der Waals surface area contributed by atoms with Crippen LogP contribution in [0.2, 0.25) is 0 Å². The third kappa shape index (κ3) is 3.28. The summed E-state index contributed by atoms with van der Waals surface area (Å²) >= 11 is 0. The first-order valence-corrected chi connectivity index (χ1v) is 12.1. The lowest BCUT2D eigenvalue weighted by atomic mass is 9.72. The molecule has 2 heterocycles. The third-order valence-electron chi connectivity index (χ3n) is 8.35. The summed E-state index contributed by atoms with van der Waals surface area (Å²) in [6.07, 6.45) is 9.18. The molecule has 4 heteroatoms. The number of rotatable bonds is 4. The first-order valence-electron chi connectivity index (χ1n) is 12.1. The third-order valence-corrected chi connectivity index (χ3v) is 8.35. The van der Waals surface area contributed by atoms with Gasteiger partial charge < -0.3 is 14.8 Å². The van der Waals surface area contributed by atoms with E-state index in [0.717, 1.165) is 44.6 Å². The van der Waals surface area contributed by atoms with Crippen molar-refractivity contribution >= 4 is 16.8 Å². The monoisotopic (exact) mass is 407 g/mol. The normalized spacial score (nSPS) is 32.2. The summed E-state index contributed by atoms with van der Waals surface area (Å²) in [4.78, 5) is 15.6. The molecule has 1 aromatic heterocycles. The van der Waals surface area contributed by atoms with Crippen molar-refractivity contribution < 1.29 is 4.79 Å². The summed E-state index contributed by atoms with van der Waals surface area (Å²) in [6.45, 7) is 7.77. The van der Waals surface area contributed by atoms with Gasteiger partial charge in [-0.25, -0.2) is 0 Å². The van der Waals surface area contributed by atoms with E-state index in [1.54, 1.807) is 0 Å². The number of hydrogen-bond donors (Lipinski definition) is 1. The van der Waals surface area contributed by atoms with Gasteiger partial charge in [0.15, 0.2) is 0 Å². The van der Waals surface area contributed by atoms with Gasteiger partial charge in [-0.05, 0) is 75.6 Å². The van der Waals surface area contributed by atoms with E-state index in [1.807, 2.05) is 0 Å². The number of nitrogens with one attached hydrogen (secondary N) is 1. The van der Waals surface area contributed by atoms with Crippen molar-refractivity contribution in [1.29, 1.82) is 0 Å². The Bertz CT molecular complexity index is 947. The molecule has 30 heavy (non-hydrogen) atoms. The Morgan fingerprint density at radius 1 is 1.27 bits per heavy atom. The molecule has 2 aliphatic carbocycles. The number of aromatic nitrogens is 1. The lowest BCUT2D eigenvalue weighted by Crippen LogP contribution is -2.52. The molecule has 162 valence electrons.